The molecule has 0 atom stereocenters. The molecule has 2 amide bonds. The van der Waals surface area contributed by atoms with E-state index >= 15 is 0 Å². The van der Waals surface area contributed by atoms with Crippen LogP contribution >= 0.6 is 46.2 Å². The summed E-state index contributed by atoms with van der Waals surface area (Å²) in [6.07, 6.45) is 4.12. The normalized spacial score (nSPS) is 13.3. The lowest BCUT2D eigenvalue weighted by Crippen LogP contribution is -2.41. The Morgan fingerprint density at radius 2 is 1.72 bits per heavy atom. The van der Waals surface area contributed by atoms with Gasteiger partial charge in [-0.1, -0.05) is 41.7 Å². The van der Waals surface area contributed by atoms with Crippen LogP contribution in [0.2, 0.25) is 0 Å². The van der Waals surface area contributed by atoms with Crippen LogP contribution in [0.1, 0.15) is 44.1 Å². The zero-order valence-corrected chi connectivity index (χ0v) is 27.3. The standard InChI is InChI=1S/C31H31N5O3S4/c1-31(2,3)35-25(38)17-41-30-33-21-14-13-18(15-23(21)43-30)32-24(37)16-40-29-34-27-26(20-11-7-8-12-22(20)42-27)28(39)36(29)19-9-5-4-6-10-19/h4-6,9-10,13-15H,7-8,11-12,16-17H2,1-3H3,(H,32,37)(H,35,38). The minimum absolute atomic E-state index is 0.0350. The topological polar surface area (TPSA) is 106 Å². The number of anilines is 1. The van der Waals surface area contributed by atoms with Gasteiger partial charge in [0.2, 0.25) is 11.8 Å². The van der Waals surface area contributed by atoms with E-state index in [0.29, 0.717) is 16.6 Å². The summed E-state index contributed by atoms with van der Waals surface area (Å²) in [4.78, 5) is 50.7. The molecule has 5 aromatic rings. The molecule has 43 heavy (non-hydrogen) atoms. The Morgan fingerprint density at radius 3 is 2.51 bits per heavy atom. The zero-order valence-electron chi connectivity index (χ0n) is 24.1. The summed E-state index contributed by atoms with van der Waals surface area (Å²) in [5.41, 5.74) is 3.02. The molecule has 222 valence electrons. The van der Waals surface area contributed by atoms with Crippen LogP contribution in [0.4, 0.5) is 5.69 Å². The molecule has 3 aromatic heterocycles. The Kier molecular flexibility index (Phi) is 8.63. The molecule has 2 N–H and O–H groups in total. The third kappa shape index (κ3) is 6.82. The van der Waals surface area contributed by atoms with E-state index in [-0.39, 0.29) is 28.7 Å². The molecule has 0 fully saturated rings. The van der Waals surface area contributed by atoms with E-state index in [4.69, 9.17) is 4.98 Å². The van der Waals surface area contributed by atoms with Gasteiger partial charge in [-0.15, -0.1) is 22.7 Å². The fourth-order valence-electron chi connectivity index (χ4n) is 5.04. The largest absolute Gasteiger partial charge is 0.351 e. The average molecular weight is 650 g/mol. The average Bonchev–Trinajstić information content (AvgIpc) is 3.55. The molecular formula is C31H31N5O3S4. The van der Waals surface area contributed by atoms with E-state index in [0.717, 1.165) is 61.7 Å². The number of amides is 2. The van der Waals surface area contributed by atoms with Crippen molar-refractivity contribution in [1.82, 2.24) is 19.9 Å². The first kappa shape index (κ1) is 29.9. The number of aromatic nitrogens is 3. The second-order valence-corrected chi connectivity index (χ2v) is 15.6. The van der Waals surface area contributed by atoms with Gasteiger partial charge in [0.15, 0.2) is 9.50 Å². The molecule has 0 spiro atoms. The van der Waals surface area contributed by atoms with Crippen molar-refractivity contribution in [1.29, 1.82) is 0 Å². The fourth-order valence-corrected chi connectivity index (χ4v) is 9.06. The molecule has 0 aliphatic heterocycles. The number of thioether (sulfide) groups is 2. The van der Waals surface area contributed by atoms with E-state index in [1.165, 1.54) is 39.7 Å². The van der Waals surface area contributed by atoms with Gasteiger partial charge in [0, 0.05) is 16.1 Å². The van der Waals surface area contributed by atoms with Gasteiger partial charge < -0.3 is 10.6 Å². The summed E-state index contributed by atoms with van der Waals surface area (Å²) in [5, 5.41) is 7.17. The molecule has 6 rings (SSSR count). The molecule has 8 nitrogen and oxygen atoms in total. The molecule has 0 saturated heterocycles. The van der Waals surface area contributed by atoms with Crippen molar-refractivity contribution in [2.24, 2.45) is 0 Å². The van der Waals surface area contributed by atoms with Crippen LogP contribution in [0.3, 0.4) is 0 Å². The molecular weight excluding hydrogens is 619 g/mol. The summed E-state index contributed by atoms with van der Waals surface area (Å²) in [5.74, 6) is 0.162. The van der Waals surface area contributed by atoms with Gasteiger partial charge in [-0.25, -0.2) is 9.97 Å². The van der Waals surface area contributed by atoms with Crippen LogP contribution in [-0.4, -0.2) is 43.4 Å². The highest BCUT2D eigenvalue weighted by molar-refractivity contribution is 8.01. The Labute approximate surface area is 265 Å². The van der Waals surface area contributed by atoms with E-state index in [1.807, 2.05) is 69.3 Å². The number of hydrogen-bond acceptors (Lipinski definition) is 9. The fraction of sp³-hybridized carbons (Fsp3) is 0.323. The Balaban J connectivity index is 1.18. The van der Waals surface area contributed by atoms with E-state index in [9.17, 15) is 14.4 Å². The number of benzene rings is 2. The number of nitrogens with one attached hydrogen (secondary N) is 2. The second kappa shape index (κ2) is 12.4. The molecule has 12 heteroatoms. The number of nitrogens with zero attached hydrogens (tertiary/aromatic N) is 3. The van der Waals surface area contributed by atoms with Gasteiger partial charge in [0.1, 0.15) is 4.83 Å². The monoisotopic (exact) mass is 649 g/mol. The number of hydrogen-bond donors (Lipinski definition) is 2. The number of carbonyl (C=O) groups is 2. The minimum atomic E-state index is -0.276. The van der Waals surface area contributed by atoms with Crippen molar-refractivity contribution in [3.05, 3.63) is 69.3 Å². The Morgan fingerprint density at radius 1 is 0.953 bits per heavy atom. The number of carbonyl (C=O) groups excluding carboxylic acids is 2. The SMILES string of the molecule is CC(C)(C)NC(=O)CSc1nc2ccc(NC(=O)CSc3nc4sc5c(c4c(=O)n3-c3ccccc3)CCCC5)cc2s1. The summed E-state index contributed by atoms with van der Waals surface area (Å²) in [6.45, 7) is 5.86. The molecule has 0 bridgehead atoms. The van der Waals surface area contributed by atoms with Gasteiger partial charge in [-0.3, -0.25) is 19.0 Å². The lowest BCUT2D eigenvalue weighted by molar-refractivity contribution is -0.120. The van der Waals surface area contributed by atoms with Gasteiger partial charge >= 0.3 is 0 Å². The summed E-state index contributed by atoms with van der Waals surface area (Å²) in [6, 6.07) is 15.1. The van der Waals surface area contributed by atoms with Gasteiger partial charge in [0.25, 0.3) is 5.56 Å². The van der Waals surface area contributed by atoms with Crippen molar-refractivity contribution in [3.63, 3.8) is 0 Å². The van der Waals surface area contributed by atoms with Crippen molar-refractivity contribution in [3.8, 4) is 5.69 Å². The summed E-state index contributed by atoms with van der Waals surface area (Å²) < 4.78 is 3.37. The number of thiazole rings is 1. The third-order valence-electron chi connectivity index (χ3n) is 6.80. The predicted octanol–water partition coefficient (Wildman–Crippen LogP) is 6.67. The van der Waals surface area contributed by atoms with Crippen LogP contribution in [-0.2, 0) is 22.4 Å². The molecule has 0 radical (unpaired) electrons. The maximum atomic E-state index is 13.9. The maximum Gasteiger partial charge on any atom is 0.267 e. The van der Waals surface area contributed by atoms with Gasteiger partial charge in [-0.05, 0) is 82.3 Å². The lowest BCUT2D eigenvalue weighted by Gasteiger charge is -2.19. The number of para-hydroxylation sites is 1. The number of rotatable bonds is 8. The first-order valence-electron chi connectivity index (χ1n) is 14.0. The quantitative estimate of drug-likeness (QED) is 0.143. The van der Waals surface area contributed by atoms with Gasteiger partial charge in [-0.2, -0.15) is 0 Å². The predicted molar refractivity (Wildman–Crippen MR) is 179 cm³/mol. The highest BCUT2D eigenvalue weighted by Crippen LogP contribution is 2.35. The van der Waals surface area contributed by atoms with E-state index in [1.54, 1.807) is 15.9 Å². The van der Waals surface area contributed by atoms with Gasteiger partial charge in [0.05, 0.1) is 32.8 Å². The molecule has 0 unspecified atom stereocenters. The number of thiophene rings is 1. The first-order valence-corrected chi connectivity index (χ1v) is 17.6. The first-order chi connectivity index (χ1) is 20.6. The second-order valence-electron chi connectivity index (χ2n) is 11.3. The minimum Gasteiger partial charge on any atom is -0.351 e. The highest BCUT2D eigenvalue weighted by Gasteiger charge is 2.23. The summed E-state index contributed by atoms with van der Waals surface area (Å²) in [7, 11) is 0. The third-order valence-corrected chi connectivity index (χ3v) is 11.1. The maximum absolute atomic E-state index is 13.9. The number of fused-ring (bicyclic) bond motifs is 4. The zero-order chi connectivity index (χ0) is 30.1. The van der Waals surface area contributed by atoms with E-state index in [2.05, 4.69) is 15.6 Å². The van der Waals surface area contributed by atoms with Crippen molar-refractivity contribution < 1.29 is 9.59 Å². The van der Waals surface area contributed by atoms with E-state index < -0.39 is 0 Å². The Hall–Kier alpha value is -3.19. The van der Waals surface area contributed by atoms with Crippen LogP contribution in [0, 0.1) is 0 Å². The lowest BCUT2D eigenvalue weighted by atomic mass is 9.97. The molecule has 2 aromatic carbocycles. The summed E-state index contributed by atoms with van der Waals surface area (Å²) >= 11 is 5.76. The van der Waals surface area contributed by atoms with Crippen LogP contribution < -0.4 is 16.2 Å². The molecule has 0 saturated carbocycles. The molecule has 3 heterocycles. The smallest absolute Gasteiger partial charge is 0.267 e. The number of aryl methyl sites for hydroxylation is 2. The molecule has 1 aliphatic rings. The van der Waals surface area contributed by atoms with Crippen LogP contribution in [0.15, 0.2) is 62.8 Å². The highest BCUT2D eigenvalue weighted by atomic mass is 32.2. The Bertz CT molecular complexity index is 1890. The van der Waals surface area contributed by atoms with Crippen LogP contribution in [0.5, 0.6) is 0 Å². The van der Waals surface area contributed by atoms with Crippen molar-refractivity contribution >= 4 is 84.1 Å². The van der Waals surface area contributed by atoms with Crippen molar-refractivity contribution in [2.75, 3.05) is 16.8 Å². The van der Waals surface area contributed by atoms with Crippen LogP contribution in [0.25, 0.3) is 26.1 Å². The molecule has 1 aliphatic carbocycles. The van der Waals surface area contributed by atoms with Crippen molar-refractivity contribution in [2.45, 2.75) is 61.5 Å².